The maximum Gasteiger partial charge on any atom is 0.481 e. The number of fused-ring (bicyclic) bond motifs is 3. The quantitative estimate of drug-likeness (QED) is 0.454. The van der Waals surface area contributed by atoms with E-state index in [0.717, 1.165) is 32.5 Å². The summed E-state index contributed by atoms with van der Waals surface area (Å²) in [6, 6.07) is 0. The fourth-order valence-electron chi connectivity index (χ4n) is 2.19. The van der Waals surface area contributed by atoms with Gasteiger partial charge in [-0.3, -0.25) is 0 Å². The molecule has 3 aliphatic rings. The van der Waals surface area contributed by atoms with Crippen molar-refractivity contribution in [3.8, 4) is 0 Å². The second-order valence-corrected chi connectivity index (χ2v) is 3.75. The zero-order chi connectivity index (χ0) is 7.19. The van der Waals surface area contributed by atoms with Gasteiger partial charge in [0.2, 0.25) is 0 Å². The van der Waals surface area contributed by atoms with Crippen molar-refractivity contribution in [1.82, 2.24) is 0 Å². The summed E-state index contributed by atoms with van der Waals surface area (Å²) in [5.41, 5.74) is 0. The smallest absolute Gasteiger partial charge is 0.394 e. The molecule has 54 valence electrons. The molecule has 2 radical (unpaired) electrons. The van der Waals surface area contributed by atoms with Gasteiger partial charge in [-0.05, 0) is 0 Å². The molecule has 3 rings (SSSR count). The van der Waals surface area contributed by atoms with E-state index in [0.29, 0.717) is 10.3 Å². The molecule has 3 heterocycles. The molecule has 1 atom stereocenters. The Labute approximate surface area is 62.9 Å². The largest absolute Gasteiger partial charge is 0.481 e. The van der Waals surface area contributed by atoms with Crippen molar-refractivity contribution >= 4 is 7.98 Å². The molecule has 0 aromatic carbocycles. The van der Waals surface area contributed by atoms with Crippen molar-refractivity contribution in [3.05, 3.63) is 0 Å². The summed E-state index contributed by atoms with van der Waals surface area (Å²) in [6.45, 7) is 2.92. The lowest BCUT2D eigenvalue weighted by molar-refractivity contribution is -0.840. The van der Waals surface area contributed by atoms with E-state index in [-0.39, 0.29) is 6.10 Å². The Morgan fingerprint density at radius 2 is 1.90 bits per heavy atom. The summed E-state index contributed by atoms with van der Waals surface area (Å²) in [4.78, 5) is 0. The Morgan fingerprint density at radius 3 is 2.20 bits per heavy atom. The van der Waals surface area contributed by atoms with Crippen LogP contribution in [0.2, 0.25) is 0 Å². The molecule has 2 nitrogen and oxygen atoms in total. The van der Waals surface area contributed by atoms with Crippen molar-refractivity contribution in [2.24, 2.45) is 5.92 Å². The van der Waals surface area contributed by atoms with Crippen LogP contribution in [0.3, 0.4) is 0 Å². The second-order valence-electron chi connectivity index (χ2n) is 3.75. The summed E-state index contributed by atoms with van der Waals surface area (Å²) in [7, 11) is 5.96. The third-order valence-electron chi connectivity index (χ3n) is 2.99. The van der Waals surface area contributed by atoms with E-state index in [1.54, 1.807) is 0 Å². The van der Waals surface area contributed by atoms with Crippen LogP contribution in [0.25, 0.3) is 0 Å². The first kappa shape index (κ1) is 6.68. The third-order valence-corrected chi connectivity index (χ3v) is 2.99. The van der Waals surface area contributed by atoms with E-state index in [4.69, 9.17) is 7.98 Å². The van der Waals surface area contributed by atoms with Crippen LogP contribution in [0.4, 0.5) is 0 Å². The van der Waals surface area contributed by atoms with Gasteiger partial charge in [-0.15, -0.1) is 0 Å². The van der Waals surface area contributed by atoms with Crippen LogP contribution in [-0.2, 0) is 0 Å². The molecule has 1 N–H and O–H groups in total. The molecule has 0 amide bonds. The van der Waals surface area contributed by atoms with Gasteiger partial charge < -0.3 is 9.50 Å². The van der Waals surface area contributed by atoms with Crippen LogP contribution >= 0.6 is 0 Å². The summed E-state index contributed by atoms with van der Waals surface area (Å²) in [6.07, 6.45) is 2.13. The monoisotopic (exact) mass is 138 g/mol. The first-order chi connectivity index (χ1) is 4.70. The van der Waals surface area contributed by atoms with Crippen LogP contribution in [-0.4, -0.2) is 43.2 Å². The van der Waals surface area contributed by atoms with Crippen molar-refractivity contribution in [2.75, 3.05) is 19.6 Å². The van der Waals surface area contributed by atoms with Gasteiger partial charge >= 0.3 is 7.98 Å². The molecular weight excluding hydrogens is 125 g/mol. The van der Waals surface area contributed by atoms with E-state index >= 15 is 0 Å². The van der Waals surface area contributed by atoms with Crippen molar-refractivity contribution in [1.29, 1.82) is 0 Å². The Morgan fingerprint density at radius 1 is 1.30 bits per heavy atom. The minimum Gasteiger partial charge on any atom is -0.394 e. The van der Waals surface area contributed by atoms with E-state index < -0.39 is 0 Å². The van der Waals surface area contributed by atoms with Crippen LogP contribution in [0.1, 0.15) is 12.8 Å². The lowest BCUT2D eigenvalue weighted by atomic mass is 9.81. The average Bonchev–Trinajstić information content (AvgIpc) is 1.87. The molecule has 0 saturated carbocycles. The molecule has 0 aromatic heterocycles. The van der Waals surface area contributed by atoms with Crippen molar-refractivity contribution < 1.29 is 9.50 Å². The first-order valence-electron chi connectivity index (χ1n) is 4.02. The number of piperidine rings is 3. The summed E-state index contributed by atoms with van der Waals surface area (Å²) in [5, 5.41) is 9.47. The molecule has 3 aliphatic heterocycles. The second kappa shape index (κ2) is 1.99. The first-order valence-corrected chi connectivity index (χ1v) is 4.02. The molecule has 3 fully saturated rings. The van der Waals surface area contributed by atoms with E-state index in [9.17, 15) is 5.11 Å². The van der Waals surface area contributed by atoms with Gasteiger partial charge in [0, 0.05) is 18.8 Å². The SMILES string of the molecule is [B][N+]12CCC(CC1)[C@@H](O)C2. The lowest BCUT2D eigenvalue weighted by Gasteiger charge is -2.49. The van der Waals surface area contributed by atoms with Gasteiger partial charge in [0.05, 0.1) is 19.6 Å². The maximum absolute atomic E-state index is 9.47. The van der Waals surface area contributed by atoms with Gasteiger partial charge in [-0.2, -0.15) is 0 Å². The molecule has 0 spiro atoms. The highest BCUT2D eigenvalue weighted by molar-refractivity contribution is 5.97. The molecule has 0 unspecified atom stereocenters. The molecular formula is C7H13BNO+. The highest BCUT2D eigenvalue weighted by Gasteiger charge is 2.41. The Kier molecular flexibility index (Phi) is 1.33. The Bertz CT molecular complexity index is 143. The zero-order valence-electron chi connectivity index (χ0n) is 6.16. The molecule has 3 saturated heterocycles. The maximum atomic E-state index is 9.47. The van der Waals surface area contributed by atoms with Gasteiger partial charge in [0.25, 0.3) is 0 Å². The van der Waals surface area contributed by atoms with E-state index in [1.165, 1.54) is 0 Å². The van der Waals surface area contributed by atoms with Gasteiger partial charge in [0.1, 0.15) is 6.10 Å². The van der Waals surface area contributed by atoms with Crippen molar-refractivity contribution in [2.45, 2.75) is 18.9 Å². The number of aliphatic hydroxyl groups excluding tert-OH is 1. The fourth-order valence-corrected chi connectivity index (χ4v) is 2.19. The molecule has 0 aromatic rings. The predicted molar refractivity (Wildman–Crippen MR) is 39.3 cm³/mol. The Balaban J connectivity index is 2.14. The van der Waals surface area contributed by atoms with Crippen LogP contribution in [0.15, 0.2) is 0 Å². The zero-order valence-corrected chi connectivity index (χ0v) is 6.16. The lowest BCUT2D eigenvalue weighted by Crippen LogP contribution is -2.62. The van der Waals surface area contributed by atoms with E-state index in [2.05, 4.69) is 0 Å². The third kappa shape index (κ3) is 0.885. The minimum atomic E-state index is -0.118. The normalized spacial score (nSPS) is 53.3. The highest BCUT2D eigenvalue weighted by atomic mass is 16.3. The Hall–Kier alpha value is -0.0151. The predicted octanol–water partition coefficient (Wildman–Crippen LogP) is -0.329. The van der Waals surface area contributed by atoms with Gasteiger partial charge in [-0.1, -0.05) is 0 Å². The van der Waals surface area contributed by atoms with Crippen molar-refractivity contribution in [3.63, 3.8) is 0 Å². The standard InChI is InChI=1S/C7H13BNO/c8-9-3-1-6(2-4-9)7(10)5-9/h6-7,10H,1-5H2/q+1/t6?,7-,9?/m0/s1. The average molecular weight is 138 g/mol. The van der Waals surface area contributed by atoms with E-state index in [1.807, 2.05) is 0 Å². The number of aliphatic hydroxyl groups is 1. The number of nitrogens with zero attached hydrogens (tertiary/aromatic N) is 1. The summed E-state index contributed by atoms with van der Waals surface area (Å²) >= 11 is 0. The molecule has 2 bridgehead atoms. The highest BCUT2D eigenvalue weighted by Crippen LogP contribution is 2.31. The van der Waals surface area contributed by atoms with Crippen LogP contribution in [0, 0.1) is 5.92 Å². The number of quaternary nitrogens is 1. The van der Waals surface area contributed by atoms with Gasteiger partial charge in [-0.25, -0.2) is 0 Å². The number of hydrogen-bond donors (Lipinski definition) is 1. The molecule has 3 heteroatoms. The minimum absolute atomic E-state index is 0.118. The van der Waals surface area contributed by atoms with Crippen LogP contribution in [0.5, 0.6) is 0 Å². The molecule has 0 aliphatic carbocycles. The summed E-state index contributed by atoms with van der Waals surface area (Å²) in [5.74, 6) is 0.559. The van der Waals surface area contributed by atoms with Gasteiger partial charge in [0.15, 0.2) is 0 Å². The molecule has 10 heavy (non-hydrogen) atoms. The summed E-state index contributed by atoms with van der Waals surface area (Å²) < 4.78 is 0.623. The number of rotatable bonds is 0. The number of hydrogen-bond acceptors (Lipinski definition) is 1. The topological polar surface area (TPSA) is 20.2 Å². The fraction of sp³-hybridized carbons (Fsp3) is 1.00. The van der Waals surface area contributed by atoms with Crippen LogP contribution < -0.4 is 0 Å².